The summed E-state index contributed by atoms with van der Waals surface area (Å²) in [5.41, 5.74) is 6.04. The Morgan fingerprint density at radius 3 is 2.88 bits per heavy atom. The van der Waals surface area contributed by atoms with Crippen LogP contribution in [0, 0.1) is 0 Å². The topological polar surface area (TPSA) is 58.4 Å². The first-order chi connectivity index (χ1) is 8.08. The van der Waals surface area contributed by atoms with Crippen molar-refractivity contribution in [2.24, 2.45) is 5.73 Å². The first-order valence-electron chi connectivity index (χ1n) is 5.59. The molecule has 94 valence electrons. The van der Waals surface area contributed by atoms with Gasteiger partial charge >= 0.3 is 0 Å². The van der Waals surface area contributed by atoms with Crippen molar-refractivity contribution in [2.45, 2.75) is 19.0 Å². The zero-order valence-electron chi connectivity index (χ0n) is 9.65. The van der Waals surface area contributed by atoms with E-state index in [0.29, 0.717) is 13.1 Å². The van der Waals surface area contributed by atoms with E-state index in [-0.39, 0.29) is 18.0 Å². The zero-order chi connectivity index (χ0) is 12.4. The summed E-state index contributed by atoms with van der Waals surface area (Å²) in [6.07, 6.45) is 0. The summed E-state index contributed by atoms with van der Waals surface area (Å²) in [5, 5.41) is 2.82. The molecule has 1 aromatic heterocycles. The van der Waals surface area contributed by atoms with E-state index in [1.165, 1.54) is 11.3 Å². The number of piperazine rings is 1. The highest BCUT2D eigenvalue weighted by Crippen LogP contribution is 2.32. The number of halogens is 1. The van der Waals surface area contributed by atoms with Gasteiger partial charge < -0.3 is 11.1 Å². The second kappa shape index (κ2) is 5.35. The third kappa shape index (κ3) is 2.98. The molecule has 0 aromatic carbocycles. The molecule has 2 heterocycles. The summed E-state index contributed by atoms with van der Waals surface area (Å²) in [5.74, 6) is 0.0598. The molecule has 2 atom stereocenters. The van der Waals surface area contributed by atoms with Crippen LogP contribution < -0.4 is 11.1 Å². The standard InChI is InChI=1S/C11H16ClN3OS/c1-7(13)11(8-2-3-9(12)17-8)15-5-4-14-10(16)6-15/h2-3,7,11H,4-6,13H2,1H3,(H,14,16). The number of nitrogens with two attached hydrogens (primary N) is 1. The van der Waals surface area contributed by atoms with Crippen LogP contribution in [-0.2, 0) is 4.79 Å². The molecule has 1 saturated heterocycles. The Morgan fingerprint density at radius 1 is 1.59 bits per heavy atom. The molecule has 2 rings (SSSR count). The van der Waals surface area contributed by atoms with Crippen LogP contribution in [0.1, 0.15) is 17.8 Å². The highest BCUT2D eigenvalue weighted by Gasteiger charge is 2.29. The number of rotatable bonds is 3. The van der Waals surface area contributed by atoms with Gasteiger partial charge in [-0.1, -0.05) is 11.6 Å². The monoisotopic (exact) mass is 273 g/mol. The predicted molar refractivity (Wildman–Crippen MR) is 70.3 cm³/mol. The molecule has 3 N–H and O–H groups in total. The van der Waals surface area contributed by atoms with Crippen LogP contribution in [-0.4, -0.2) is 36.5 Å². The van der Waals surface area contributed by atoms with Gasteiger partial charge in [0.25, 0.3) is 0 Å². The summed E-state index contributed by atoms with van der Waals surface area (Å²) in [6, 6.07) is 3.91. The Morgan fingerprint density at radius 2 is 2.35 bits per heavy atom. The van der Waals surface area contributed by atoms with E-state index < -0.39 is 0 Å². The minimum Gasteiger partial charge on any atom is -0.354 e. The van der Waals surface area contributed by atoms with Crippen molar-refractivity contribution in [1.29, 1.82) is 0 Å². The lowest BCUT2D eigenvalue weighted by Gasteiger charge is -2.35. The van der Waals surface area contributed by atoms with Crippen molar-refractivity contribution >= 4 is 28.8 Å². The molecule has 1 aliphatic heterocycles. The highest BCUT2D eigenvalue weighted by molar-refractivity contribution is 7.16. The van der Waals surface area contributed by atoms with E-state index in [9.17, 15) is 4.79 Å². The third-order valence-electron chi connectivity index (χ3n) is 2.84. The Bertz CT molecular complexity index is 407. The quantitative estimate of drug-likeness (QED) is 0.871. The highest BCUT2D eigenvalue weighted by atomic mass is 35.5. The molecule has 0 radical (unpaired) electrons. The number of carbonyl (C=O) groups is 1. The van der Waals surface area contributed by atoms with Crippen LogP contribution in [0.2, 0.25) is 4.34 Å². The molecule has 17 heavy (non-hydrogen) atoms. The van der Waals surface area contributed by atoms with Crippen LogP contribution in [0.5, 0.6) is 0 Å². The molecule has 0 aliphatic carbocycles. The fraction of sp³-hybridized carbons (Fsp3) is 0.545. The van der Waals surface area contributed by atoms with Gasteiger partial charge in [-0.2, -0.15) is 0 Å². The van der Waals surface area contributed by atoms with Gasteiger partial charge in [-0.25, -0.2) is 0 Å². The van der Waals surface area contributed by atoms with Gasteiger partial charge in [0.15, 0.2) is 0 Å². The Balaban J connectivity index is 2.19. The lowest BCUT2D eigenvalue weighted by Crippen LogP contribution is -2.51. The number of hydrogen-bond donors (Lipinski definition) is 2. The van der Waals surface area contributed by atoms with Crippen LogP contribution in [0.3, 0.4) is 0 Å². The van der Waals surface area contributed by atoms with Crippen molar-refractivity contribution < 1.29 is 4.79 Å². The van der Waals surface area contributed by atoms with Gasteiger partial charge in [0.1, 0.15) is 0 Å². The molecular formula is C11H16ClN3OS. The normalized spacial score (nSPS) is 21.0. The summed E-state index contributed by atoms with van der Waals surface area (Å²) < 4.78 is 0.757. The molecule has 0 saturated carbocycles. The van der Waals surface area contributed by atoms with E-state index in [1.807, 2.05) is 19.1 Å². The van der Waals surface area contributed by atoms with E-state index >= 15 is 0 Å². The molecule has 2 unspecified atom stereocenters. The van der Waals surface area contributed by atoms with Gasteiger partial charge in [0, 0.05) is 24.0 Å². The van der Waals surface area contributed by atoms with Crippen LogP contribution >= 0.6 is 22.9 Å². The van der Waals surface area contributed by atoms with E-state index in [0.717, 1.165) is 15.8 Å². The number of nitrogens with zero attached hydrogens (tertiary/aromatic N) is 1. The average molecular weight is 274 g/mol. The van der Waals surface area contributed by atoms with Gasteiger partial charge in [0.2, 0.25) is 5.91 Å². The molecule has 0 bridgehead atoms. The van der Waals surface area contributed by atoms with Crippen LogP contribution in [0.4, 0.5) is 0 Å². The molecule has 1 aromatic rings. The minimum absolute atomic E-state index is 0.0318. The molecule has 6 heteroatoms. The van der Waals surface area contributed by atoms with Gasteiger partial charge in [-0.15, -0.1) is 11.3 Å². The van der Waals surface area contributed by atoms with Crippen molar-refractivity contribution in [3.8, 4) is 0 Å². The zero-order valence-corrected chi connectivity index (χ0v) is 11.2. The van der Waals surface area contributed by atoms with Crippen molar-refractivity contribution in [3.05, 3.63) is 21.3 Å². The molecule has 4 nitrogen and oxygen atoms in total. The number of thiophene rings is 1. The maximum atomic E-state index is 11.4. The van der Waals surface area contributed by atoms with Crippen LogP contribution in [0.15, 0.2) is 12.1 Å². The first kappa shape index (κ1) is 12.8. The lowest BCUT2D eigenvalue weighted by atomic mass is 10.1. The van der Waals surface area contributed by atoms with Crippen molar-refractivity contribution in [1.82, 2.24) is 10.2 Å². The van der Waals surface area contributed by atoms with E-state index in [1.54, 1.807) is 0 Å². The number of amides is 1. The second-order valence-electron chi connectivity index (χ2n) is 4.27. The molecule has 1 aliphatic rings. The summed E-state index contributed by atoms with van der Waals surface area (Å²) in [7, 11) is 0. The predicted octanol–water partition coefficient (Wildman–Crippen LogP) is 1.22. The molecule has 1 fully saturated rings. The molecule has 0 spiro atoms. The van der Waals surface area contributed by atoms with Crippen LogP contribution in [0.25, 0.3) is 0 Å². The SMILES string of the molecule is CC(N)C(c1ccc(Cl)s1)N1CCNC(=O)C1. The Kier molecular flexibility index (Phi) is 4.04. The maximum Gasteiger partial charge on any atom is 0.234 e. The first-order valence-corrected chi connectivity index (χ1v) is 6.79. The second-order valence-corrected chi connectivity index (χ2v) is 6.01. The molecule has 1 amide bonds. The summed E-state index contributed by atoms with van der Waals surface area (Å²) in [4.78, 5) is 14.7. The van der Waals surface area contributed by atoms with E-state index in [2.05, 4.69) is 10.2 Å². The van der Waals surface area contributed by atoms with E-state index in [4.69, 9.17) is 17.3 Å². The largest absolute Gasteiger partial charge is 0.354 e. The fourth-order valence-electron chi connectivity index (χ4n) is 2.15. The Hall–Kier alpha value is -0.620. The van der Waals surface area contributed by atoms with Gasteiger partial charge in [0.05, 0.1) is 16.9 Å². The fourth-order valence-corrected chi connectivity index (χ4v) is 3.47. The summed E-state index contributed by atoms with van der Waals surface area (Å²) >= 11 is 7.49. The maximum absolute atomic E-state index is 11.4. The van der Waals surface area contributed by atoms with Gasteiger partial charge in [-0.3, -0.25) is 9.69 Å². The summed E-state index contributed by atoms with van der Waals surface area (Å²) in [6.45, 7) is 3.88. The third-order valence-corrected chi connectivity index (χ3v) is 4.15. The van der Waals surface area contributed by atoms with Crippen molar-refractivity contribution in [3.63, 3.8) is 0 Å². The molecular weight excluding hydrogens is 258 g/mol. The minimum atomic E-state index is -0.0318. The number of hydrogen-bond acceptors (Lipinski definition) is 4. The van der Waals surface area contributed by atoms with Crippen molar-refractivity contribution in [2.75, 3.05) is 19.6 Å². The van der Waals surface area contributed by atoms with Gasteiger partial charge in [-0.05, 0) is 19.1 Å². The lowest BCUT2D eigenvalue weighted by molar-refractivity contribution is -0.125. The average Bonchev–Trinajstić information content (AvgIpc) is 2.64. The number of nitrogens with one attached hydrogen (secondary N) is 1. The smallest absolute Gasteiger partial charge is 0.234 e. The Labute approximate surface area is 110 Å². The number of carbonyl (C=O) groups excluding carboxylic acids is 1.